The number of allylic oxidation sites excluding steroid dienone is 10. The Hall–Kier alpha value is -2.89. The molecule has 0 aliphatic carbocycles. The van der Waals surface area contributed by atoms with E-state index in [0.29, 0.717) is 19.3 Å². The molecule has 0 fully saturated rings. The molecule has 0 aliphatic rings. The molecule has 67 heavy (non-hydrogen) atoms. The third kappa shape index (κ3) is 53.9. The maximum atomic E-state index is 12.8. The van der Waals surface area contributed by atoms with Crippen LogP contribution in [0.15, 0.2) is 60.8 Å². The van der Waals surface area contributed by atoms with Gasteiger partial charge in [0.2, 0.25) is 0 Å². The summed E-state index contributed by atoms with van der Waals surface area (Å²) in [5.74, 6) is -0.895. The van der Waals surface area contributed by atoms with E-state index in [9.17, 15) is 14.4 Å². The van der Waals surface area contributed by atoms with E-state index in [1.807, 2.05) is 0 Å². The lowest BCUT2D eigenvalue weighted by Crippen LogP contribution is -2.30. The quantitative estimate of drug-likeness (QED) is 0.0262. The first kappa shape index (κ1) is 64.1. The molecule has 0 N–H and O–H groups in total. The highest BCUT2D eigenvalue weighted by Crippen LogP contribution is 2.16. The molecule has 0 saturated carbocycles. The van der Waals surface area contributed by atoms with Crippen molar-refractivity contribution in [3.63, 3.8) is 0 Å². The molecule has 0 aliphatic heterocycles. The predicted molar refractivity (Wildman–Crippen MR) is 288 cm³/mol. The first-order valence-electron chi connectivity index (χ1n) is 28.8. The Morgan fingerprint density at radius 3 is 0.925 bits per heavy atom. The van der Waals surface area contributed by atoms with Gasteiger partial charge in [0.05, 0.1) is 0 Å². The van der Waals surface area contributed by atoms with E-state index in [4.69, 9.17) is 14.2 Å². The summed E-state index contributed by atoms with van der Waals surface area (Å²) in [6.07, 6.45) is 69.3. The van der Waals surface area contributed by atoms with Crippen LogP contribution in [-0.2, 0) is 28.6 Å². The van der Waals surface area contributed by atoms with Crippen LogP contribution in [0.2, 0.25) is 0 Å². The molecule has 0 heterocycles. The molecule has 0 bridgehead atoms. The molecule has 0 unspecified atom stereocenters. The van der Waals surface area contributed by atoms with Crippen molar-refractivity contribution in [2.45, 2.75) is 297 Å². The van der Waals surface area contributed by atoms with E-state index in [0.717, 1.165) is 96.3 Å². The normalized spacial score (nSPS) is 12.5. The molecule has 1 atom stereocenters. The van der Waals surface area contributed by atoms with E-state index in [1.165, 1.54) is 154 Å². The van der Waals surface area contributed by atoms with Crippen molar-refractivity contribution in [2.75, 3.05) is 13.2 Å². The van der Waals surface area contributed by atoms with Crippen molar-refractivity contribution < 1.29 is 28.6 Å². The van der Waals surface area contributed by atoms with Crippen LogP contribution < -0.4 is 0 Å². The van der Waals surface area contributed by atoms with Crippen LogP contribution >= 0.6 is 0 Å². The summed E-state index contributed by atoms with van der Waals surface area (Å²) >= 11 is 0. The fourth-order valence-electron chi connectivity index (χ4n) is 8.19. The Morgan fingerprint density at radius 1 is 0.313 bits per heavy atom. The van der Waals surface area contributed by atoms with Crippen LogP contribution in [0.4, 0.5) is 0 Å². The highest BCUT2D eigenvalue weighted by Gasteiger charge is 2.19. The zero-order valence-electron chi connectivity index (χ0n) is 44.4. The van der Waals surface area contributed by atoms with E-state index in [-0.39, 0.29) is 31.1 Å². The molecule has 6 nitrogen and oxygen atoms in total. The Kier molecular flexibility index (Phi) is 53.3. The monoisotopic (exact) mass is 937 g/mol. The number of unbranched alkanes of at least 4 members (excludes halogenated alkanes) is 31. The fourth-order valence-corrected chi connectivity index (χ4v) is 8.19. The lowest BCUT2D eigenvalue weighted by Gasteiger charge is -2.18. The highest BCUT2D eigenvalue weighted by molar-refractivity contribution is 5.71. The van der Waals surface area contributed by atoms with Crippen LogP contribution in [0.5, 0.6) is 0 Å². The van der Waals surface area contributed by atoms with Gasteiger partial charge in [-0.2, -0.15) is 0 Å². The minimum absolute atomic E-state index is 0.0800. The average molecular weight is 938 g/mol. The largest absolute Gasteiger partial charge is 0.462 e. The van der Waals surface area contributed by atoms with Gasteiger partial charge in [-0.1, -0.05) is 248 Å². The maximum Gasteiger partial charge on any atom is 0.306 e. The van der Waals surface area contributed by atoms with Crippen LogP contribution in [0.3, 0.4) is 0 Å². The van der Waals surface area contributed by atoms with Gasteiger partial charge in [-0.3, -0.25) is 14.4 Å². The SMILES string of the molecule is CC/C=C\C/C=C\C/C=C\C/C=C\CCCCCCC(=O)OC[C@H](COC(=O)CCCCCCCCCCCCC/C=C\CCCCCCCC)OC(=O)CCCCCCCCCCCCC. The molecule has 388 valence electrons. The topological polar surface area (TPSA) is 78.9 Å². The van der Waals surface area contributed by atoms with E-state index in [1.54, 1.807) is 0 Å². The van der Waals surface area contributed by atoms with Crippen molar-refractivity contribution >= 4 is 17.9 Å². The summed E-state index contributed by atoms with van der Waals surface area (Å²) in [6, 6.07) is 0. The van der Waals surface area contributed by atoms with Gasteiger partial charge >= 0.3 is 17.9 Å². The third-order valence-electron chi connectivity index (χ3n) is 12.5. The average Bonchev–Trinajstić information content (AvgIpc) is 3.33. The van der Waals surface area contributed by atoms with Crippen molar-refractivity contribution in [1.29, 1.82) is 0 Å². The summed E-state index contributed by atoms with van der Waals surface area (Å²) in [5, 5.41) is 0. The van der Waals surface area contributed by atoms with Gasteiger partial charge in [0.25, 0.3) is 0 Å². The van der Waals surface area contributed by atoms with Gasteiger partial charge in [-0.15, -0.1) is 0 Å². The predicted octanol–water partition coefficient (Wildman–Crippen LogP) is 19.2. The van der Waals surface area contributed by atoms with Gasteiger partial charge in [-0.05, 0) is 83.5 Å². The van der Waals surface area contributed by atoms with E-state index in [2.05, 4.69) is 81.5 Å². The number of hydrogen-bond acceptors (Lipinski definition) is 6. The number of carbonyl (C=O) groups is 3. The number of esters is 3. The lowest BCUT2D eigenvalue weighted by molar-refractivity contribution is -0.167. The minimum atomic E-state index is -0.782. The molecule has 0 radical (unpaired) electrons. The molecule has 0 amide bonds. The number of hydrogen-bond donors (Lipinski definition) is 0. The third-order valence-corrected chi connectivity index (χ3v) is 12.5. The standard InChI is InChI=1S/C61H108O6/c1-4-7-10-13-16-19-22-24-26-28-29-30-31-33-35-37-40-42-45-48-51-54-60(63)66-57-58(67-61(64)55-52-49-46-43-38-21-18-15-12-9-6-3)56-65-59(62)53-50-47-44-41-39-36-34-32-27-25-23-20-17-14-11-8-5-2/h8,11,17,20,24-27,34,36,58H,4-7,9-10,12-16,18-19,21-23,28-33,35,37-57H2,1-3H3/b11-8-,20-17-,26-24-,27-25-,36-34-/t58-/m1/s1. The number of rotatable bonds is 52. The van der Waals surface area contributed by atoms with Crippen LogP contribution in [-0.4, -0.2) is 37.2 Å². The summed E-state index contributed by atoms with van der Waals surface area (Å²) in [4.78, 5) is 38.1. The Labute approximate surface area is 415 Å². The second-order valence-electron chi connectivity index (χ2n) is 19.2. The minimum Gasteiger partial charge on any atom is -0.462 e. The molecular formula is C61H108O6. The molecule has 0 aromatic rings. The first-order chi connectivity index (χ1) is 33.0. The number of ether oxygens (including phenoxy) is 3. The molecule has 0 saturated heterocycles. The van der Waals surface area contributed by atoms with Crippen LogP contribution in [0.1, 0.15) is 290 Å². The maximum absolute atomic E-state index is 12.8. The first-order valence-corrected chi connectivity index (χ1v) is 28.8. The van der Waals surface area contributed by atoms with E-state index < -0.39 is 6.10 Å². The summed E-state index contributed by atoms with van der Waals surface area (Å²) < 4.78 is 16.8. The smallest absolute Gasteiger partial charge is 0.306 e. The second kappa shape index (κ2) is 55.7. The summed E-state index contributed by atoms with van der Waals surface area (Å²) in [6.45, 7) is 6.52. The van der Waals surface area contributed by atoms with Gasteiger partial charge in [0.15, 0.2) is 6.10 Å². The van der Waals surface area contributed by atoms with E-state index >= 15 is 0 Å². The number of carbonyl (C=O) groups excluding carboxylic acids is 3. The molecule has 6 heteroatoms. The lowest BCUT2D eigenvalue weighted by atomic mass is 10.0. The van der Waals surface area contributed by atoms with Crippen molar-refractivity contribution in [3.8, 4) is 0 Å². The molecule has 0 rings (SSSR count). The molecule has 0 spiro atoms. The zero-order chi connectivity index (χ0) is 48.6. The molecule has 0 aromatic carbocycles. The van der Waals surface area contributed by atoms with Crippen LogP contribution in [0.25, 0.3) is 0 Å². The van der Waals surface area contributed by atoms with Crippen LogP contribution in [0, 0.1) is 0 Å². The van der Waals surface area contributed by atoms with Crippen molar-refractivity contribution in [1.82, 2.24) is 0 Å². The van der Waals surface area contributed by atoms with Gasteiger partial charge in [0.1, 0.15) is 13.2 Å². The van der Waals surface area contributed by atoms with Gasteiger partial charge < -0.3 is 14.2 Å². The van der Waals surface area contributed by atoms with Crippen molar-refractivity contribution in [3.05, 3.63) is 60.8 Å². The Bertz CT molecular complexity index is 1210. The highest BCUT2D eigenvalue weighted by atomic mass is 16.6. The van der Waals surface area contributed by atoms with Crippen molar-refractivity contribution in [2.24, 2.45) is 0 Å². The van der Waals surface area contributed by atoms with Gasteiger partial charge in [0, 0.05) is 19.3 Å². The summed E-state index contributed by atoms with van der Waals surface area (Å²) in [7, 11) is 0. The zero-order valence-corrected chi connectivity index (χ0v) is 44.4. The molecule has 0 aromatic heterocycles. The fraction of sp³-hybridized carbons (Fsp3) is 0.787. The Morgan fingerprint density at radius 2 is 0.582 bits per heavy atom. The van der Waals surface area contributed by atoms with Gasteiger partial charge in [-0.25, -0.2) is 0 Å². The Balaban J connectivity index is 4.31. The summed E-state index contributed by atoms with van der Waals surface area (Å²) in [5.41, 5.74) is 0. The molecular weight excluding hydrogens is 829 g/mol. The second-order valence-corrected chi connectivity index (χ2v) is 19.2.